The largest absolute Gasteiger partial charge is 0.497 e. The lowest BCUT2D eigenvalue weighted by atomic mass is 9.71. The van der Waals surface area contributed by atoms with Gasteiger partial charge in [-0.25, -0.2) is 0 Å². The molecule has 1 fully saturated rings. The number of benzene rings is 1. The summed E-state index contributed by atoms with van der Waals surface area (Å²) in [4.78, 5) is 0. The number of rotatable bonds is 3. The maximum Gasteiger partial charge on any atom is 0.118 e. The molecule has 3 unspecified atom stereocenters. The van der Waals surface area contributed by atoms with Crippen molar-refractivity contribution in [3.63, 3.8) is 0 Å². The van der Waals surface area contributed by atoms with Crippen LogP contribution in [0.4, 0.5) is 0 Å². The number of hydrogen-bond acceptors (Lipinski definition) is 1. The van der Waals surface area contributed by atoms with Crippen molar-refractivity contribution < 1.29 is 4.74 Å². The van der Waals surface area contributed by atoms with Crippen LogP contribution >= 0.6 is 0 Å². The van der Waals surface area contributed by atoms with Gasteiger partial charge in [0.25, 0.3) is 0 Å². The van der Waals surface area contributed by atoms with E-state index in [-0.39, 0.29) is 0 Å². The molecular formula is C16H24O. The quantitative estimate of drug-likeness (QED) is 0.738. The summed E-state index contributed by atoms with van der Waals surface area (Å²) in [6.07, 6.45) is 5.50. The van der Waals surface area contributed by atoms with E-state index in [2.05, 4.69) is 38.1 Å². The molecule has 3 atom stereocenters. The van der Waals surface area contributed by atoms with Gasteiger partial charge in [0.15, 0.2) is 0 Å². The topological polar surface area (TPSA) is 9.23 Å². The van der Waals surface area contributed by atoms with E-state index in [9.17, 15) is 0 Å². The summed E-state index contributed by atoms with van der Waals surface area (Å²) in [7, 11) is 1.73. The van der Waals surface area contributed by atoms with Crippen molar-refractivity contribution in [1.29, 1.82) is 0 Å². The van der Waals surface area contributed by atoms with Crippen molar-refractivity contribution in [2.75, 3.05) is 7.11 Å². The van der Waals surface area contributed by atoms with E-state index >= 15 is 0 Å². The average Bonchev–Trinajstić information content (AvgIpc) is 2.39. The molecule has 0 saturated heterocycles. The van der Waals surface area contributed by atoms with Crippen LogP contribution in [0.25, 0.3) is 0 Å². The van der Waals surface area contributed by atoms with Crippen LogP contribution in [-0.2, 0) is 0 Å². The summed E-state index contributed by atoms with van der Waals surface area (Å²) < 4.78 is 5.22. The van der Waals surface area contributed by atoms with Crippen molar-refractivity contribution in [3.8, 4) is 5.75 Å². The highest BCUT2D eigenvalue weighted by Gasteiger charge is 2.27. The molecule has 2 rings (SSSR count). The van der Waals surface area contributed by atoms with Gasteiger partial charge in [-0.15, -0.1) is 0 Å². The molecule has 1 aliphatic carbocycles. The molecule has 1 saturated carbocycles. The van der Waals surface area contributed by atoms with Crippen molar-refractivity contribution >= 4 is 0 Å². The fourth-order valence-corrected chi connectivity index (χ4v) is 3.22. The van der Waals surface area contributed by atoms with E-state index < -0.39 is 0 Å². The van der Waals surface area contributed by atoms with E-state index in [1.165, 1.54) is 31.2 Å². The first-order chi connectivity index (χ1) is 8.24. The molecule has 17 heavy (non-hydrogen) atoms. The normalized spacial score (nSPS) is 29.0. The van der Waals surface area contributed by atoms with Gasteiger partial charge in [-0.2, -0.15) is 0 Å². The highest BCUT2D eigenvalue weighted by molar-refractivity contribution is 5.30. The highest BCUT2D eigenvalue weighted by atomic mass is 16.5. The van der Waals surface area contributed by atoms with Crippen molar-refractivity contribution in [2.24, 2.45) is 11.8 Å². The second kappa shape index (κ2) is 5.57. The van der Waals surface area contributed by atoms with Gasteiger partial charge < -0.3 is 4.74 Å². The van der Waals surface area contributed by atoms with Crippen molar-refractivity contribution in [2.45, 2.75) is 45.4 Å². The van der Waals surface area contributed by atoms with Gasteiger partial charge in [-0.05, 0) is 54.7 Å². The maximum absolute atomic E-state index is 5.22. The van der Waals surface area contributed by atoms with Crippen LogP contribution in [-0.4, -0.2) is 7.11 Å². The van der Waals surface area contributed by atoms with Gasteiger partial charge in [-0.3, -0.25) is 0 Å². The standard InChI is InChI=1S/C16H24O/c1-4-13-5-10-16(12(2)11-13)14-6-8-15(17-3)9-7-14/h6-9,12-13,16H,4-5,10-11H2,1-3H3. The number of ether oxygens (including phenoxy) is 1. The molecule has 0 radical (unpaired) electrons. The molecule has 0 bridgehead atoms. The molecule has 1 aliphatic rings. The number of methoxy groups -OCH3 is 1. The molecule has 0 aromatic heterocycles. The average molecular weight is 232 g/mol. The maximum atomic E-state index is 5.22. The molecule has 0 spiro atoms. The van der Waals surface area contributed by atoms with Gasteiger partial charge in [0.1, 0.15) is 5.75 Å². The van der Waals surface area contributed by atoms with E-state index in [1.807, 2.05) is 0 Å². The molecule has 1 aromatic carbocycles. The monoisotopic (exact) mass is 232 g/mol. The molecule has 0 amide bonds. The third-order valence-electron chi connectivity index (χ3n) is 4.40. The Morgan fingerprint density at radius 1 is 1.18 bits per heavy atom. The molecule has 0 aliphatic heterocycles. The zero-order valence-electron chi connectivity index (χ0n) is 11.3. The Balaban J connectivity index is 2.06. The highest BCUT2D eigenvalue weighted by Crippen LogP contribution is 2.41. The lowest BCUT2D eigenvalue weighted by Gasteiger charge is -2.34. The minimum Gasteiger partial charge on any atom is -0.497 e. The first-order valence-electron chi connectivity index (χ1n) is 6.88. The fraction of sp³-hybridized carbons (Fsp3) is 0.625. The molecule has 0 N–H and O–H groups in total. The molecule has 1 nitrogen and oxygen atoms in total. The first kappa shape index (κ1) is 12.5. The Kier molecular flexibility index (Phi) is 4.09. The number of hydrogen-bond donors (Lipinski definition) is 0. The predicted octanol–water partition coefficient (Wildman–Crippen LogP) is 4.63. The van der Waals surface area contributed by atoms with Crippen LogP contribution < -0.4 is 4.74 Å². The van der Waals surface area contributed by atoms with Crippen molar-refractivity contribution in [1.82, 2.24) is 0 Å². The van der Waals surface area contributed by atoms with E-state index in [4.69, 9.17) is 4.74 Å². The summed E-state index contributed by atoms with van der Waals surface area (Å²) in [5.41, 5.74) is 1.49. The second-order valence-electron chi connectivity index (χ2n) is 5.44. The van der Waals surface area contributed by atoms with E-state index in [0.717, 1.165) is 23.5 Å². The lowest BCUT2D eigenvalue weighted by Crippen LogP contribution is -2.21. The van der Waals surface area contributed by atoms with Gasteiger partial charge in [-0.1, -0.05) is 32.4 Å². The van der Waals surface area contributed by atoms with Crippen LogP contribution in [0.5, 0.6) is 5.75 Å². The smallest absolute Gasteiger partial charge is 0.118 e. The molecule has 1 aromatic rings. The Morgan fingerprint density at radius 2 is 1.88 bits per heavy atom. The van der Waals surface area contributed by atoms with Gasteiger partial charge >= 0.3 is 0 Å². The Labute approximate surface area is 105 Å². The zero-order chi connectivity index (χ0) is 12.3. The summed E-state index contributed by atoms with van der Waals surface area (Å²) in [6.45, 7) is 4.74. The summed E-state index contributed by atoms with van der Waals surface area (Å²) >= 11 is 0. The van der Waals surface area contributed by atoms with Gasteiger partial charge in [0, 0.05) is 0 Å². The van der Waals surface area contributed by atoms with Crippen LogP contribution in [0.15, 0.2) is 24.3 Å². The predicted molar refractivity (Wildman–Crippen MR) is 72.5 cm³/mol. The van der Waals surface area contributed by atoms with Crippen LogP contribution in [0.2, 0.25) is 0 Å². The molecule has 0 heterocycles. The molecular weight excluding hydrogens is 208 g/mol. The van der Waals surface area contributed by atoms with Crippen molar-refractivity contribution in [3.05, 3.63) is 29.8 Å². The minimum atomic E-state index is 0.753. The summed E-state index contributed by atoms with van der Waals surface area (Å²) in [5, 5.41) is 0. The second-order valence-corrected chi connectivity index (χ2v) is 5.44. The fourth-order valence-electron chi connectivity index (χ4n) is 3.22. The van der Waals surface area contributed by atoms with Gasteiger partial charge in [0.05, 0.1) is 7.11 Å². The third kappa shape index (κ3) is 2.83. The van der Waals surface area contributed by atoms with Crippen LogP contribution in [0.3, 0.4) is 0 Å². The first-order valence-corrected chi connectivity index (χ1v) is 6.88. The Hall–Kier alpha value is -0.980. The third-order valence-corrected chi connectivity index (χ3v) is 4.40. The SMILES string of the molecule is CCC1CCC(c2ccc(OC)cc2)C(C)C1. The summed E-state index contributed by atoms with van der Waals surface area (Å²) in [5.74, 6) is 3.49. The van der Waals surface area contributed by atoms with E-state index in [0.29, 0.717) is 0 Å². The van der Waals surface area contributed by atoms with Gasteiger partial charge in [0.2, 0.25) is 0 Å². The summed E-state index contributed by atoms with van der Waals surface area (Å²) in [6, 6.07) is 8.67. The molecule has 1 heteroatoms. The Bertz CT molecular complexity index is 341. The Morgan fingerprint density at radius 3 is 2.41 bits per heavy atom. The molecule has 94 valence electrons. The minimum absolute atomic E-state index is 0.753. The lowest BCUT2D eigenvalue weighted by molar-refractivity contribution is 0.242. The zero-order valence-corrected chi connectivity index (χ0v) is 11.3. The van der Waals surface area contributed by atoms with Crippen LogP contribution in [0, 0.1) is 11.8 Å². The van der Waals surface area contributed by atoms with Crippen LogP contribution in [0.1, 0.15) is 51.0 Å². The van der Waals surface area contributed by atoms with E-state index in [1.54, 1.807) is 7.11 Å².